The second-order valence-electron chi connectivity index (χ2n) is 8.28. The first-order chi connectivity index (χ1) is 12.4. The van der Waals surface area contributed by atoms with Crippen LogP contribution in [0.5, 0.6) is 5.75 Å². The Morgan fingerprint density at radius 2 is 1.62 bits per heavy atom. The van der Waals surface area contributed by atoms with Gasteiger partial charge in [0.05, 0.1) is 6.61 Å². The summed E-state index contributed by atoms with van der Waals surface area (Å²) in [5.74, 6) is 1.02. The second kappa shape index (κ2) is 5.56. The van der Waals surface area contributed by atoms with Gasteiger partial charge in [0.1, 0.15) is 24.1 Å². The SMILES string of the molecule is Cc1cc2c(cc1C1OC1c1ccc(C3OC3O)cc1)C(C)(C)CCO2. The molecule has 2 fully saturated rings. The molecule has 0 radical (unpaired) electrons. The van der Waals surface area contributed by atoms with Crippen molar-refractivity contribution in [3.63, 3.8) is 0 Å². The molecule has 2 aromatic rings. The normalized spacial score (nSPS) is 31.1. The van der Waals surface area contributed by atoms with Crippen molar-refractivity contribution >= 4 is 0 Å². The summed E-state index contributed by atoms with van der Waals surface area (Å²) in [6.45, 7) is 7.49. The highest BCUT2D eigenvalue weighted by Gasteiger charge is 2.44. The van der Waals surface area contributed by atoms with Gasteiger partial charge in [-0.05, 0) is 53.1 Å². The third-order valence-electron chi connectivity index (χ3n) is 5.94. The molecular formula is C22H24O4. The Balaban J connectivity index is 1.40. The molecule has 136 valence electrons. The van der Waals surface area contributed by atoms with Crippen molar-refractivity contribution in [1.29, 1.82) is 0 Å². The van der Waals surface area contributed by atoms with Crippen LogP contribution >= 0.6 is 0 Å². The van der Waals surface area contributed by atoms with Crippen molar-refractivity contribution in [2.75, 3.05) is 6.61 Å². The molecule has 5 rings (SSSR count). The number of aliphatic hydroxyl groups is 1. The van der Waals surface area contributed by atoms with Crippen LogP contribution in [-0.4, -0.2) is 18.0 Å². The van der Waals surface area contributed by atoms with Crippen LogP contribution < -0.4 is 4.74 Å². The average molecular weight is 352 g/mol. The van der Waals surface area contributed by atoms with Crippen LogP contribution in [0.2, 0.25) is 0 Å². The number of fused-ring (bicyclic) bond motifs is 1. The zero-order chi connectivity index (χ0) is 18.1. The van der Waals surface area contributed by atoms with Crippen LogP contribution in [0, 0.1) is 6.92 Å². The summed E-state index contributed by atoms with van der Waals surface area (Å²) in [5.41, 5.74) is 6.09. The summed E-state index contributed by atoms with van der Waals surface area (Å²) in [4.78, 5) is 0. The number of aryl methyl sites for hydroxylation is 1. The number of epoxide rings is 2. The van der Waals surface area contributed by atoms with Gasteiger partial charge >= 0.3 is 0 Å². The van der Waals surface area contributed by atoms with E-state index in [1.54, 1.807) is 0 Å². The van der Waals surface area contributed by atoms with Crippen molar-refractivity contribution < 1.29 is 19.3 Å². The first-order valence-corrected chi connectivity index (χ1v) is 9.31. The molecule has 4 nitrogen and oxygen atoms in total. The van der Waals surface area contributed by atoms with Gasteiger partial charge in [0.2, 0.25) is 0 Å². The van der Waals surface area contributed by atoms with Gasteiger partial charge in [0.25, 0.3) is 0 Å². The van der Waals surface area contributed by atoms with E-state index in [0.717, 1.165) is 24.3 Å². The van der Waals surface area contributed by atoms with Gasteiger partial charge in [0, 0.05) is 5.56 Å². The van der Waals surface area contributed by atoms with E-state index < -0.39 is 6.29 Å². The van der Waals surface area contributed by atoms with E-state index in [4.69, 9.17) is 14.2 Å². The Morgan fingerprint density at radius 3 is 2.27 bits per heavy atom. The first-order valence-electron chi connectivity index (χ1n) is 9.31. The van der Waals surface area contributed by atoms with E-state index in [1.165, 1.54) is 22.3 Å². The molecule has 0 aliphatic carbocycles. The van der Waals surface area contributed by atoms with E-state index in [-0.39, 0.29) is 23.7 Å². The molecule has 4 atom stereocenters. The van der Waals surface area contributed by atoms with Gasteiger partial charge in [-0.15, -0.1) is 0 Å². The van der Waals surface area contributed by atoms with Crippen LogP contribution in [0.1, 0.15) is 66.4 Å². The Labute approximate surface area is 153 Å². The number of benzene rings is 2. The summed E-state index contributed by atoms with van der Waals surface area (Å²) < 4.78 is 17.0. The minimum Gasteiger partial charge on any atom is -0.493 e. The zero-order valence-electron chi connectivity index (χ0n) is 15.4. The fraction of sp³-hybridized carbons (Fsp3) is 0.455. The van der Waals surface area contributed by atoms with Crippen LogP contribution in [0.3, 0.4) is 0 Å². The van der Waals surface area contributed by atoms with Crippen LogP contribution in [-0.2, 0) is 14.9 Å². The molecule has 0 saturated carbocycles. The standard InChI is InChI=1S/C22H24O4/c1-12-10-17-16(22(2,3)8-9-24-17)11-15(12)20-18(25-20)13-4-6-14(7-5-13)19-21(23)26-19/h4-7,10-11,18-21,23H,8-9H2,1-3H3. The summed E-state index contributed by atoms with van der Waals surface area (Å²) in [5, 5.41) is 9.37. The van der Waals surface area contributed by atoms with Crippen molar-refractivity contribution in [1.82, 2.24) is 0 Å². The second-order valence-corrected chi connectivity index (χ2v) is 8.28. The van der Waals surface area contributed by atoms with Gasteiger partial charge in [-0.2, -0.15) is 0 Å². The highest BCUT2D eigenvalue weighted by Crippen LogP contribution is 2.54. The number of hydrogen-bond acceptors (Lipinski definition) is 4. The molecule has 26 heavy (non-hydrogen) atoms. The van der Waals surface area contributed by atoms with Crippen LogP contribution in [0.15, 0.2) is 36.4 Å². The highest BCUT2D eigenvalue weighted by molar-refractivity contribution is 5.49. The molecule has 3 aliphatic rings. The van der Waals surface area contributed by atoms with Crippen LogP contribution in [0.25, 0.3) is 0 Å². The van der Waals surface area contributed by atoms with E-state index in [0.29, 0.717) is 0 Å². The van der Waals surface area contributed by atoms with Crippen molar-refractivity contribution in [2.24, 2.45) is 0 Å². The van der Waals surface area contributed by atoms with E-state index >= 15 is 0 Å². The Kier molecular flexibility index (Phi) is 3.48. The lowest BCUT2D eigenvalue weighted by Gasteiger charge is -2.33. The molecule has 0 spiro atoms. The number of hydrogen-bond donors (Lipinski definition) is 1. The van der Waals surface area contributed by atoms with E-state index in [1.807, 2.05) is 12.1 Å². The van der Waals surface area contributed by atoms with Gasteiger partial charge in [-0.25, -0.2) is 0 Å². The molecule has 4 unspecified atom stereocenters. The molecule has 2 saturated heterocycles. The molecular weight excluding hydrogens is 328 g/mol. The minimum atomic E-state index is -0.644. The maximum atomic E-state index is 9.37. The van der Waals surface area contributed by atoms with E-state index in [2.05, 4.69) is 45.0 Å². The lowest BCUT2D eigenvalue weighted by Crippen LogP contribution is -2.27. The van der Waals surface area contributed by atoms with Gasteiger partial charge in [0.15, 0.2) is 6.29 Å². The highest BCUT2D eigenvalue weighted by atomic mass is 16.7. The fourth-order valence-corrected chi connectivity index (χ4v) is 4.03. The summed E-state index contributed by atoms with van der Waals surface area (Å²) in [6.07, 6.45) is 0.429. The number of ether oxygens (including phenoxy) is 3. The lowest BCUT2D eigenvalue weighted by molar-refractivity contribution is 0.156. The molecule has 4 heteroatoms. The first kappa shape index (κ1) is 16.3. The quantitative estimate of drug-likeness (QED) is 0.839. The van der Waals surface area contributed by atoms with Crippen molar-refractivity contribution in [3.05, 3.63) is 64.2 Å². The Bertz CT molecular complexity index is 855. The molecule has 0 bridgehead atoms. The van der Waals surface area contributed by atoms with Crippen molar-refractivity contribution in [2.45, 2.75) is 57.2 Å². The maximum Gasteiger partial charge on any atom is 0.186 e. The largest absolute Gasteiger partial charge is 0.493 e. The molecule has 3 aliphatic heterocycles. The monoisotopic (exact) mass is 352 g/mol. The van der Waals surface area contributed by atoms with Crippen LogP contribution in [0.4, 0.5) is 0 Å². The smallest absolute Gasteiger partial charge is 0.186 e. The predicted octanol–water partition coefficient (Wildman–Crippen LogP) is 4.26. The number of rotatable bonds is 3. The molecule has 0 aromatic heterocycles. The third-order valence-corrected chi connectivity index (χ3v) is 5.94. The van der Waals surface area contributed by atoms with E-state index in [9.17, 15) is 5.11 Å². The summed E-state index contributed by atoms with van der Waals surface area (Å²) >= 11 is 0. The average Bonchev–Trinajstić information content (AvgIpc) is 3.51. The minimum absolute atomic E-state index is 0.0958. The third kappa shape index (κ3) is 2.64. The van der Waals surface area contributed by atoms with Crippen molar-refractivity contribution in [3.8, 4) is 5.75 Å². The fourth-order valence-electron chi connectivity index (χ4n) is 4.03. The topological polar surface area (TPSA) is 54.5 Å². The summed E-state index contributed by atoms with van der Waals surface area (Å²) in [7, 11) is 0. The molecule has 2 aromatic carbocycles. The molecule has 3 heterocycles. The summed E-state index contributed by atoms with van der Waals surface area (Å²) in [6, 6.07) is 12.7. The van der Waals surface area contributed by atoms with Gasteiger partial charge < -0.3 is 19.3 Å². The zero-order valence-corrected chi connectivity index (χ0v) is 15.4. The molecule has 0 amide bonds. The maximum absolute atomic E-state index is 9.37. The number of aliphatic hydroxyl groups excluding tert-OH is 1. The van der Waals surface area contributed by atoms with Gasteiger partial charge in [-0.1, -0.05) is 38.1 Å². The molecule has 1 N–H and O–H groups in total. The Hall–Kier alpha value is -1.88. The predicted molar refractivity (Wildman–Crippen MR) is 97.2 cm³/mol. The van der Waals surface area contributed by atoms with Gasteiger partial charge in [-0.3, -0.25) is 0 Å². The Morgan fingerprint density at radius 1 is 0.962 bits per heavy atom. The lowest BCUT2D eigenvalue weighted by atomic mass is 9.78.